The normalized spacial score (nSPS) is 13.0. The van der Waals surface area contributed by atoms with Gasteiger partial charge in [-0.25, -0.2) is 6.61 Å². The van der Waals surface area contributed by atoms with Gasteiger partial charge >= 0.3 is 0 Å². The van der Waals surface area contributed by atoms with Gasteiger partial charge in [-0.05, 0) is 13.3 Å². The molecule has 0 saturated heterocycles. The predicted octanol–water partition coefficient (Wildman–Crippen LogP) is 2.65. The van der Waals surface area contributed by atoms with Crippen LogP contribution < -0.4 is 0 Å². The Kier molecular flexibility index (Phi) is 11.9. The van der Waals surface area contributed by atoms with Crippen molar-refractivity contribution < 1.29 is 14.2 Å². The average molecular weight is 217 g/mol. The quantitative estimate of drug-likeness (QED) is 0.393. The second-order valence-corrected chi connectivity index (χ2v) is 3.59. The molecule has 0 fully saturated rings. The van der Waals surface area contributed by atoms with Gasteiger partial charge in [0.15, 0.2) is 0 Å². The molecular weight excluding hydrogens is 192 g/mol. The average Bonchev–Trinajstić information content (AvgIpc) is 2.25. The summed E-state index contributed by atoms with van der Waals surface area (Å²) in [7, 11) is 1.70. The van der Waals surface area contributed by atoms with Crippen LogP contribution in [-0.4, -0.2) is 33.5 Å². The molecule has 0 aromatic rings. The number of hydrogen-bond donors (Lipinski definition) is 0. The van der Waals surface area contributed by atoms with E-state index in [1.165, 1.54) is 12.8 Å². The van der Waals surface area contributed by atoms with Crippen molar-refractivity contribution in [2.24, 2.45) is 5.92 Å². The standard InChI is InChI=1S/C12H25O3/c1-4-6-7-8-15-11-12(9-13-3)10-14-5-2/h11-12H,4-10H2,1-3H3/q-1. The third-order valence-corrected chi connectivity index (χ3v) is 2.07. The molecule has 0 rings (SSSR count). The molecule has 0 aliphatic rings. The second kappa shape index (κ2) is 12.0. The zero-order valence-electron chi connectivity index (χ0n) is 10.3. The molecule has 0 aromatic carbocycles. The summed E-state index contributed by atoms with van der Waals surface area (Å²) in [6.07, 6.45) is 3.58. The molecule has 92 valence electrons. The molecule has 15 heavy (non-hydrogen) atoms. The van der Waals surface area contributed by atoms with Gasteiger partial charge in [0.25, 0.3) is 0 Å². The van der Waals surface area contributed by atoms with Crippen LogP contribution >= 0.6 is 0 Å². The predicted molar refractivity (Wildman–Crippen MR) is 61.6 cm³/mol. The van der Waals surface area contributed by atoms with Gasteiger partial charge in [0.2, 0.25) is 0 Å². The highest BCUT2D eigenvalue weighted by atomic mass is 16.5. The minimum absolute atomic E-state index is 0.247. The Morgan fingerprint density at radius 1 is 1.13 bits per heavy atom. The monoisotopic (exact) mass is 217 g/mol. The molecule has 0 N–H and O–H groups in total. The van der Waals surface area contributed by atoms with Crippen molar-refractivity contribution >= 4 is 0 Å². The molecule has 0 aromatic heterocycles. The van der Waals surface area contributed by atoms with Gasteiger partial charge in [-0.3, -0.25) is 0 Å². The third-order valence-electron chi connectivity index (χ3n) is 2.07. The van der Waals surface area contributed by atoms with Crippen LogP contribution in [0.1, 0.15) is 33.1 Å². The zero-order valence-corrected chi connectivity index (χ0v) is 10.3. The summed E-state index contributed by atoms with van der Waals surface area (Å²) in [5, 5.41) is 0. The summed E-state index contributed by atoms with van der Waals surface area (Å²) in [5.41, 5.74) is 0. The fourth-order valence-electron chi connectivity index (χ4n) is 1.25. The summed E-state index contributed by atoms with van der Waals surface area (Å²) in [6.45, 7) is 8.92. The van der Waals surface area contributed by atoms with Crippen LogP contribution in [0.25, 0.3) is 0 Å². The van der Waals surface area contributed by atoms with E-state index in [-0.39, 0.29) is 5.92 Å². The molecule has 0 radical (unpaired) electrons. The minimum Gasteiger partial charge on any atom is -0.552 e. The van der Waals surface area contributed by atoms with E-state index in [1.54, 1.807) is 7.11 Å². The maximum atomic E-state index is 5.46. The third kappa shape index (κ3) is 10.2. The lowest BCUT2D eigenvalue weighted by molar-refractivity contribution is 0.0402. The highest BCUT2D eigenvalue weighted by molar-refractivity contribution is 4.66. The molecule has 0 saturated carbocycles. The van der Waals surface area contributed by atoms with Crippen molar-refractivity contribution in [3.8, 4) is 0 Å². The maximum absolute atomic E-state index is 5.46. The molecule has 0 spiro atoms. The Morgan fingerprint density at radius 3 is 2.53 bits per heavy atom. The molecule has 0 heterocycles. The van der Waals surface area contributed by atoms with Gasteiger partial charge < -0.3 is 14.2 Å². The minimum atomic E-state index is 0.247. The summed E-state index contributed by atoms with van der Waals surface area (Å²) >= 11 is 0. The Balaban J connectivity index is 3.38. The van der Waals surface area contributed by atoms with E-state index in [4.69, 9.17) is 14.2 Å². The Morgan fingerprint density at radius 2 is 1.93 bits per heavy atom. The van der Waals surface area contributed by atoms with Crippen molar-refractivity contribution in [1.82, 2.24) is 0 Å². The summed E-state index contributed by atoms with van der Waals surface area (Å²) in [5.74, 6) is 0.247. The van der Waals surface area contributed by atoms with Gasteiger partial charge in [0, 0.05) is 33.5 Å². The van der Waals surface area contributed by atoms with E-state index < -0.39 is 0 Å². The van der Waals surface area contributed by atoms with Crippen LogP contribution in [0.15, 0.2) is 0 Å². The van der Waals surface area contributed by atoms with Crippen LogP contribution in [0, 0.1) is 12.5 Å². The van der Waals surface area contributed by atoms with Crippen LogP contribution in [0.2, 0.25) is 0 Å². The van der Waals surface area contributed by atoms with E-state index in [0.29, 0.717) is 13.2 Å². The number of ether oxygens (including phenoxy) is 3. The van der Waals surface area contributed by atoms with Gasteiger partial charge in [0.05, 0.1) is 0 Å². The summed E-state index contributed by atoms with van der Waals surface area (Å²) in [4.78, 5) is 0. The maximum Gasteiger partial charge on any atom is 0.0436 e. The molecule has 0 bridgehead atoms. The fourth-order valence-corrected chi connectivity index (χ4v) is 1.25. The van der Waals surface area contributed by atoms with Crippen molar-refractivity contribution in [2.45, 2.75) is 33.1 Å². The number of unbranched alkanes of at least 4 members (excludes halogenated alkanes) is 2. The number of methoxy groups -OCH3 is 1. The molecule has 3 heteroatoms. The largest absolute Gasteiger partial charge is 0.552 e. The Labute approximate surface area is 94.1 Å². The molecule has 0 aliphatic heterocycles. The second-order valence-electron chi connectivity index (χ2n) is 3.59. The van der Waals surface area contributed by atoms with Crippen molar-refractivity contribution in [2.75, 3.05) is 33.5 Å². The first kappa shape index (κ1) is 14.9. The highest BCUT2D eigenvalue weighted by Gasteiger charge is 1.99. The molecule has 0 aliphatic carbocycles. The SMILES string of the molecule is CCCCCO[CH-]C(COC)COCC. The smallest absolute Gasteiger partial charge is 0.0436 e. The van der Waals surface area contributed by atoms with Crippen molar-refractivity contribution in [3.05, 3.63) is 6.61 Å². The highest BCUT2D eigenvalue weighted by Crippen LogP contribution is 2.06. The van der Waals surface area contributed by atoms with Gasteiger partial charge in [-0.15, -0.1) is 0 Å². The van der Waals surface area contributed by atoms with Gasteiger partial charge in [0.1, 0.15) is 0 Å². The van der Waals surface area contributed by atoms with Crippen LogP contribution in [-0.2, 0) is 14.2 Å². The first-order valence-corrected chi connectivity index (χ1v) is 5.86. The topological polar surface area (TPSA) is 27.7 Å². The van der Waals surface area contributed by atoms with Crippen LogP contribution in [0.5, 0.6) is 0 Å². The molecule has 1 unspecified atom stereocenters. The van der Waals surface area contributed by atoms with Crippen LogP contribution in [0.3, 0.4) is 0 Å². The summed E-state index contributed by atoms with van der Waals surface area (Å²) < 4.78 is 15.9. The van der Waals surface area contributed by atoms with Crippen molar-refractivity contribution in [1.29, 1.82) is 0 Å². The van der Waals surface area contributed by atoms with Gasteiger partial charge in [-0.1, -0.05) is 25.7 Å². The molecule has 0 amide bonds. The number of rotatable bonds is 11. The molecule has 1 atom stereocenters. The lowest BCUT2D eigenvalue weighted by Crippen LogP contribution is -2.17. The van der Waals surface area contributed by atoms with E-state index in [2.05, 4.69) is 6.92 Å². The molecule has 3 nitrogen and oxygen atoms in total. The Hall–Kier alpha value is -0.120. The Bertz CT molecular complexity index is 117. The van der Waals surface area contributed by atoms with E-state index >= 15 is 0 Å². The fraction of sp³-hybridized carbons (Fsp3) is 0.917. The summed E-state index contributed by atoms with van der Waals surface area (Å²) in [6, 6.07) is 0. The first-order chi connectivity index (χ1) is 7.35. The van der Waals surface area contributed by atoms with E-state index in [1.807, 2.05) is 13.5 Å². The lowest BCUT2D eigenvalue weighted by Gasteiger charge is -2.26. The molecular formula is C12H25O3-. The van der Waals surface area contributed by atoms with Gasteiger partial charge in [-0.2, -0.15) is 0 Å². The van der Waals surface area contributed by atoms with Crippen LogP contribution in [0.4, 0.5) is 0 Å². The lowest BCUT2D eigenvalue weighted by atomic mass is 10.2. The van der Waals surface area contributed by atoms with Crippen molar-refractivity contribution in [3.63, 3.8) is 0 Å². The number of hydrogen-bond acceptors (Lipinski definition) is 3. The van der Waals surface area contributed by atoms with E-state index in [9.17, 15) is 0 Å². The van der Waals surface area contributed by atoms with E-state index in [0.717, 1.165) is 19.6 Å². The zero-order chi connectivity index (χ0) is 11.4. The first-order valence-electron chi connectivity index (χ1n) is 5.86.